The molecule has 1 aromatic carbocycles. The van der Waals surface area contributed by atoms with E-state index in [-0.39, 0.29) is 5.28 Å². The van der Waals surface area contributed by atoms with Crippen LogP contribution >= 0.6 is 11.6 Å². The molecule has 1 aromatic heterocycles. The van der Waals surface area contributed by atoms with Crippen molar-refractivity contribution < 1.29 is 0 Å². The maximum atomic E-state index is 5.78. The molecule has 0 amide bonds. The number of nitrogens with one attached hydrogen (secondary N) is 1. The maximum absolute atomic E-state index is 5.78. The lowest BCUT2D eigenvalue weighted by atomic mass is 9.77. The highest BCUT2D eigenvalue weighted by atomic mass is 35.5. The number of benzene rings is 1. The number of nitrogen functional groups attached to an aromatic ring is 1. The molecule has 92 valence electrons. The topological polar surface area (TPSA) is 63.8 Å². The quantitative estimate of drug-likeness (QED) is 0.832. The smallest absolute Gasteiger partial charge is 0.224 e. The molecule has 1 aliphatic rings. The second-order valence-corrected chi connectivity index (χ2v) is 4.76. The molecule has 1 aliphatic carbocycles. The van der Waals surface area contributed by atoms with Crippen molar-refractivity contribution in [2.45, 2.75) is 12.3 Å². The Morgan fingerprint density at radius 1 is 1.39 bits per heavy atom. The SMILES string of the molecule is Nc1cnc(Cl)nc1NCC1Cc2ccccc21. The van der Waals surface area contributed by atoms with Gasteiger partial charge in [0.05, 0.1) is 11.9 Å². The molecule has 1 heterocycles. The first kappa shape index (κ1) is 11.3. The maximum Gasteiger partial charge on any atom is 0.224 e. The summed E-state index contributed by atoms with van der Waals surface area (Å²) in [4.78, 5) is 7.90. The number of fused-ring (bicyclic) bond motifs is 1. The van der Waals surface area contributed by atoms with Gasteiger partial charge in [-0.05, 0) is 29.1 Å². The van der Waals surface area contributed by atoms with E-state index in [1.165, 1.54) is 17.3 Å². The summed E-state index contributed by atoms with van der Waals surface area (Å²) in [7, 11) is 0. The van der Waals surface area contributed by atoms with E-state index in [2.05, 4.69) is 39.6 Å². The minimum atomic E-state index is 0.209. The van der Waals surface area contributed by atoms with Crippen LogP contribution < -0.4 is 11.1 Å². The average molecular weight is 261 g/mol. The van der Waals surface area contributed by atoms with Gasteiger partial charge in [0.2, 0.25) is 5.28 Å². The number of nitrogens with two attached hydrogens (primary N) is 1. The molecule has 0 saturated carbocycles. The van der Waals surface area contributed by atoms with Gasteiger partial charge in [0.1, 0.15) is 0 Å². The van der Waals surface area contributed by atoms with Crippen LogP contribution in [0.5, 0.6) is 0 Å². The average Bonchev–Trinajstić information content (AvgIpc) is 2.34. The summed E-state index contributed by atoms with van der Waals surface area (Å²) >= 11 is 5.74. The molecule has 0 aliphatic heterocycles. The Kier molecular flexibility index (Phi) is 2.80. The van der Waals surface area contributed by atoms with Crippen LogP contribution in [-0.2, 0) is 6.42 Å². The highest BCUT2D eigenvalue weighted by molar-refractivity contribution is 6.28. The fourth-order valence-electron chi connectivity index (χ4n) is 2.28. The van der Waals surface area contributed by atoms with Crippen LogP contribution in [0.15, 0.2) is 30.5 Å². The summed E-state index contributed by atoms with van der Waals surface area (Å²) in [5, 5.41) is 3.45. The van der Waals surface area contributed by atoms with Crippen molar-refractivity contribution in [1.29, 1.82) is 0 Å². The molecule has 0 bridgehead atoms. The third-order valence-electron chi connectivity index (χ3n) is 3.26. The Morgan fingerprint density at radius 3 is 3.06 bits per heavy atom. The molecule has 0 spiro atoms. The summed E-state index contributed by atoms with van der Waals surface area (Å²) < 4.78 is 0. The lowest BCUT2D eigenvalue weighted by Gasteiger charge is -2.30. The monoisotopic (exact) mass is 260 g/mol. The van der Waals surface area contributed by atoms with E-state index in [1.807, 2.05) is 0 Å². The Bertz CT molecular complexity index is 585. The van der Waals surface area contributed by atoms with Gasteiger partial charge < -0.3 is 11.1 Å². The second-order valence-electron chi connectivity index (χ2n) is 4.42. The van der Waals surface area contributed by atoms with Crippen LogP contribution in [0.1, 0.15) is 17.0 Å². The number of rotatable bonds is 3. The molecule has 1 atom stereocenters. The van der Waals surface area contributed by atoms with E-state index in [0.29, 0.717) is 17.4 Å². The van der Waals surface area contributed by atoms with Crippen LogP contribution in [0, 0.1) is 0 Å². The number of aromatic nitrogens is 2. The molecule has 18 heavy (non-hydrogen) atoms. The zero-order chi connectivity index (χ0) is 12.5. The van der Waals surface area contributed by atoms with Crippen LogP contribution in [0.2, 0.25) is 5.28 Å². The predicted molar refractivity (Wildman–Crippen MR) is 72.8 cm³/mol. The Hall–Kier alpha value is -1.81. The van der Waals surface area contributed by atoms with Gasteiger partial charge in [-0.2, -0.15) is 4.98 Å². The molecule has 2 aromatic rings. The van der Waals surface area contributed by atoms with E-state index in [4.69, 9.17) is 17.3 Å². The zero-order valence-corrected chi connectivity index (χ0v) is 10.5. The van der Waals surface area contributed by atoms with Crippen molar-refractivity contribution in [1.82, 2.24) is 9.97 Å². The van der Waals surface area contributed by atoms with Gasteiger partial charge in [-0.15, -0.1) is 0 Å². The fourth-order valence-corrected chi connectivity index (χ4v) is 2.41. The van der Waals surface area contributed by atoms with Crippen LogP contribution in [0.25, 0.3) is 0 Å². The summed E-state index contributed by atoms with van der Waals surface area (Å²) in [6.45, 7) is 0.814. The third-order valence-corrected chi connectivity index (χ3v) is 3.45. The minimum absolute atomic E-state index is 0.209. The van der Waals surface area contributed by atoms with Gasteiger partial charge in [-0.25, -0.2) is 4.98 Å². The van der Waals surface area contributed by atoms with Gasteiger partial charge in [0, 0.05) is 12.5 Å². The second kappa shape index (κ2) is 4.46. The van der Waals surface area contributed by atoms with Crippen LogP contribution in [-0.4, -0.2) is 16.5 Å². The molecule has 5 heteroatoms. The van der Waals surface area contributed by atoms with Gasteiger partial charge in [0.25, 0.3) is 0 Å². The molecule has 0 radical (unpaired) electrons. The highest BCUT2D eigenvalue weighted by Gasteiger charge is 2.25. The van der Waals surface area contributed by atoms with Crippen molar-refractivity contribution in [2.75, 3.05) is 17.6 Å². The van der Waals surface area contributed by atoms with Gasteiger partial charge in [-0.1, -0.05) is 24.3 Å². The number of halogens is 1. The standard InChI is InChI=1S/C13H13ClN4/c14-13-17-7-11(15)12(18-13)16-6-9-5-8-3-1-2-4-10(8)9/h1-4,7,9H,5-6,15H2,(H,16,17,18). The summed E-state index contributed by atoms with van der Waals surface area (Å²) in [6.07, 6.45) is 2.62. The van der Waals surface area contributed by atoms with Crippen molar-refractivity contribution >= 4 is 23.1 Å². The first-order valence-corrected chi connectivity index (χ1v) is 6.21. The molecule has 3 rings (SSSR count). The van der Waals surface area contributed by atoms with E-state index in [0.717, 1.165) is 13.0 Å². The fraction of sp³-hybridized carbons (Fsp3) is 0.231. The third kappa shape index (κ3) is 1.99. The van der Waals surface area contributed by atoms with E-state index >= 15 is 0 Å². The van der Waals surface area contributed by atoms with Crippen molar-refractivity contribution in [2.24, 2.45) is 0 Å². The summed E-state index contributed by atoms with van der Waals surface area (Å²) in [5.41, 5.74) is 9.14. The molecule has 3 N–H and O–H groups in total. The molecular weight excluding hydrogens is 248 g/mol. The lowest BCUT2D eigenvalue weighted by Crippen LogP contribution is -2.24. The predicted octanol–water partition coefficient (Wildman–Crippen LogP) is 2.46. The van der Waals surface area contributed by atoms with E-state index < -0.39 is 0 Å². The van der Waals surface area contributed by atoms with Gasteiger partial charge in [0.15, 0.2) is 5.82 Å². The van der Waals surface area contributed by atoms with E-state index in [1.54, 1.807) is 0 Å². The molecule has 0 fully saturated rings. The molecule has 4 nitrogen and oxygen atoms in total. The Labute approximate surface area is 110 Å². The molecular formula is C13H13ClN4. The normalized spacial score (nSPS) is 16.8. The molecule has 1 unspecified atom stereocenters. The minimum Gasteiger partial charge on any atom is -0.394 e. The first-order valence-electron chi connectivity index (χ1n) is 5.83. The summed E-state index contributed by atoms with van der Waals surface area (Å²) in [5.74, 6) is 1.13. The number of hydrogen-bond acceptors (Lipinski definition) is 4. The zero-order valence-electron chi connectivity index (χ0n) is 9.73. The van der Waals surface area contributed by atoms with Crippen molar-refractivity contribution in [3.8, 4) is 0 Å². The Morgan fingerprint density at radius 2 is 2.22 bits per heavy atom. The van der Waals surface area contributed by atoms with Crippen molar-refractivity contribution in [3.05, 3.63) is 46.9 Å². The number of hydrogen-bond donors (Lipinski definition) is 2. The van der Waals surface area contributed by atoms with Gasteiger partial charge in [-0.3, -0.25) is 0 Å². The van der Waals surface area contributed by atoms with Crippen molar-refractivity contribution in [3.63, 3.8) is 0 Å². The highest BCUT2D eigenvalue weighted by Crippen LogP contribution is 2.34. The van der Waals surface area contributed by atoms with Crippen LogP contribution in [0.4, 0.5) is 11.5 Å². The van der Waals surface area contributed by atoms with E-state index in [9.17, 15) is 0 Å². The first-order chi connectivity index (χ1) is 8.74. The summed E-state index contributed by atoms with van der Waals surface area (Å²) in [6, 6.07) is 8.48. The number of nitrogens with zero attached hydrogens (tertiary/aromatic N) is 2. The van der Waals surface area contributed by atoms with Gasteiger partial charge >= 0.3 is 0 Å². The van der Waals surface area contributed by atoms with Crippen LogP contribution in [0.3, 0.4) is 0 Å². The lowest BCUT2D eigenvalue weighted by molar-refractivity contribution is 0.634. The Balaban J connectivity index is 1.68. The number of anilines is 2. The largest absolute Gasteiger partial charge is 0.394 e. The molecule has 0 saturated heterocycles.